The molecule has 1 aliphatic rings. The molecule has 1 N–H and O–H groups in total. The Labute approximate surface area is 175 Å². The van der Waals surface area contributed by atoms with Crippen molar-refractivity contribution in [2.45, 2.75) is 0 Å². The Morgan fingerprint density at radius 3 is 2.76 bits per heavy atom. The number of carbonyl (C=O) groups excluding carboxylic acids is 2. The first-order valence-electron chi connectivity index (χ1n) is 8.49. The van der Waals surface area contributed by atoms with Gasteiger partial charge in [-0.1, -0.05) is 30.0 Å². The molecule has 1 aromatic carbocycles. The number of rotatable bonds is 4. The van der Waals surface area contributed by atoms with Crippen LogP contribution in [0, 0.1) is 0 Å². The highest BCUT2D eigenvalue weighted by Crippen LogP contribution is 2.32. The highest BCUT2D eigenvalue weighted by molar-refractivity contribution is 8.26. The van der Waals surface area contributed by atoms with Gasteiger partial charge in [0.2, 0.25) is 0 Å². The average molecular weight is 422 g/mol. The molecule has 2 amide bonds. The number of pyridine rings is 2. The molecule has 144 valence electrons. The Kier molecular flexibility index (Phi) is 5.24. The van der Waals surface area contributed by atoms with E-state index in [1.165, 1.54) is 12.4 Å². The summed E-state index contributed by atoms with van der Waals surface area (Å²) in [5.41, 5.74) is 4.19. The number of aromatic nitrogens is 2. The molecule has 0 radical (unpaired) electrons. The number of carbonyl (C=O) groups is 2. The number of nitrogens with one attached hydrogen (secondary N) is 1. The number of nitrogens with zero attached hydrogens (tertiary/aromatic N) is 3. The number of hydrogen-bond acceptors (Lipinski definition) is 7. The molecule has 1 aliphatic heterocycles. The third-order valence-electron chi connectivity index (χ3n) is 4.15. The van der Waals surface area contributed by atoms with Gasteiger partial charge < -0.3 is 4.74 Å². The van der Waals surface area contributed by atoms with Gasteiger partial charge in [-0.25, -0.2) is 4.98 Å². The number of amides is 2. The smallest absolute Gasteiger partial charge is 0.285 e. The van der Waals surface area contributed by atoms with Gasteiger partial charge in [-0.3, -0.25) is 20.0 Å². The number of para-hydroxylation sites is 1. The molecule has 7 nitrogen and oxygen atoms in total. The molecule has 4 rings (SSSR count). The summed E-state index contributed by atoms with van der Waals surface area (Å²) in [6, 6.07) is 12.5. The molecule has 1 saturated heterocycles. The third-order valence-corrected chi connectivity index (χ3v) is 5.46. The van der Waals surface area contributed by atoms with Crippen LogP contribution in [0.3, 0.4) is 0 Å². The van der Waals surface area contributed by atoms with Crippen molar-refractivity contribution in [3.63, 3.8) is 0 Å². The fourth-order valence-corrected chi connectivity index (χ4v) is 3.91. The second kappa shape index (κ2) is 7.98. The minimum absolute atomic E-state index is 0.238. The Bertz CT molecular complexity index is 1160. The summed E-state index contributed by atoms with van der Waals surface area (Å²) in [6.07, 6.45) is 4.64. The van der Waals surface area contributed by atoms with Crippen LogP contribution in [0.4, 0.5) is 0 Å². The lowest BCUT2D eigenvalue weighted by Crippen LogP contribution is -2.44. The van der Waals surface area contributed by atoms with E-state index in [1.54, 1.807) is 25.3 Å². The Balaban J connectivity index is 1.59. The van der Waals surface area contributed by atoms with Gasteiger partial charge >= 0.3 is 0 Å². The van der Waals surface area contributed by atoms with Gasteiger partial charge in [-0.2, -0.15) is 5.01 Å². The molecule has 3 aromatic rings. The molecule has 0 saturated carbocycles. The summed E-state index contributed by atoms with van der Waals surface area (Å²) in [6.45, 7) is 0. The summed E-state index contributed by atoms with van der Waals surface area (Å²) >= 11 is 6.36. The monoisotopic (exact) mass is 422 g/mol. The van der Waals surface area contributed by atoms with Gasteiger partial charge in [0.1, 0.15) is 11.3 Å². The standard InChI is InChI=1S/C20H14N4O3S2/c1-27-15-4-2-3-12-5-6-14(22-17(12)15)11-16-19(26)24(20(28)29-16)23-18(25)13-7-9-21-10-8-13/h2-11H,1H3,(H,23,25). The lowest BCUT2D eigenvalue weighted by Gasteiger charge is -2.15. The van der Waals surface area contributed by atoms with Gasteiger partial charge in [-0.05, 0) is 42.6 Å². The number of benzene rings is 1. The molecule has 3 heterocycles. The van der Waals surface area contributed by atoms with Crippen LogP contribution in [-0.4, -0.2) is 38.2 Å². The second-order valence-corrected chi connectivity index (χ2v) is 7.64. The third kappa shape index (κ3) is 3.82. The summed E-state index contributed by atoms with van der Waals surface area (Å²) in [5, 5.41) is 2.00. The number of methoxy groups -OCH3 is 1. The topological polar surface area (TPSA) is 84.4 Å². The first-order valence-corrected chi connectivity index (χ1v) is 9.72. The number of hydrazine groups is 1. The van der Waals surface area contributed by atoms with Crippen molar-refractivity contribution in [1.82, 2.24) is 20.4 Å². The fourth-order valence-electron chi connectivity index (χ4n) is 2.75. The van der Waals surface area contributed by atoms with Crippen molar-refractivity contribution >= 4 is 57.1 Å². The summed E-state index contributed by atoms with van der Waals surface area (Å²) in [5.74, 6) is -0.210. The molecule has 29 heavy (non-hydrogen) atoms. The van der Waals surface area contributed by atoms with Gasteiger partial charge in [-0.15, -0.1) is 0 Å². The van der Waals surface area contributed by atoms with Crippen molar-refractivity contribution in [2.75, 3.05) is 7.11 Å². The van der Waals surface area contributed by atoms with Crippen molar-refractivity contribution in [3.05, 3.63) is 71.0 Å². The van der Waals surface area contributed by atoms with Gasteiger partial charge in [0.05, 0.1) is 17.7 Å². The molecule has 1 fully saturated rings. The Hall–Kier alpha value is -3.30. The molecule has 0 aliphatic carbocycles. The maximum atomic E-state index is 12.7. The van der Waals surface area contributed by atoms with E-state index in [1.807, 2.05) is 30.3 Å². The van der Waals surface area contributed by atoms with Gasteiger partial charge in [0.15, 0.2) is 4.32 Å². The minimum atomic E-state index is -0.446. The Morgan fingerprint density at radius 2 is 2.00 bits per heavy atom. The molecule has 2 aromatic heterocycles. The molecule has 0 spiro atoms. The van der Waals surface area contributed by atoms with Gasteiger partial charge in [0, 0.05) is 23.3 Å². The zero-order valence-electron chi connectivity index (χ0n) is 15.2. The highest BCUT2D eigenvalue weighted by Gasteiger charge is 2.33. The van der Waals surface area contributed by atoms with E-state index in [-0.39, 0.29) is 4.32 Å². The van der Waals surface area contributed by atoms with Crippen LogP contribution >= 0.6 is 24.0 Å². The normalized spacial score (nSPS) is 15.2. The molecule has 0 bridgehead atoms. The zero-order chi connectivity index (χ0) is 20.4. The number of ether oxygens (including phenoxy) is 1. The number of fused-ring (bicyclic) bond motifs is 1. The van der Waals surface area contributed by atoms with Crippen LogP contribution in [0.15, 0.2) is 59.8 Å². The number of thiocarbonyl (C=S) groups is 1. The molecule has 9 heteroatoms. The van der Waals surface area contributed by atoms with E-state index in [0.29, 0.717) is 27.4 Å². The van der Waals surface area contributed by atoms with Crippen molar-refractivity contribution in [1.29, 1.82) is 0 Å². The van der Waals surface area contributed by atoms with E-state index in [2.05, 4.69) is 15.4 Å². The number of thioether (sulfide) groups is 1. The van der Waals surface area contributed by atoms with Crippen molar-refractivity contribution in [3.8, 4) is 5.75 Å². The van der Waals surface area contributed by atoms with E-state index in [9.17, 15) is 9.59 Å². The van der Waals surface area contributed by atoms with Crippen molar-refractivity contribution in [2.24, 2.45) is 0 Å². The van der Waals surface area contributed by atoms with E-state index in [0.717, 1.165) is 22.2 Å². The van der Waals surface area contributed by atoms with Crippen LogP contribution < -0.4 is 10.2 Å². The maximum absolute atomic E-state index is 12.7. The van der Waals surface area contributed by atoms with Crippen molar-refractivity contribution < 1.29 is 14.3 Å². The van der Waals surface area contributed by atoms with Crippen LogP contribution in [0.1, 0.15) is 16.1 Å². The predicted octanol–water partition coefficient (Wildman–Crippen LogP) is 3.18. The second-order valence-electron chi connectivity index (χ2n) is 5.96. The molecule has 0 atom stereocenters. The average Bonchev–Trinajstić information content (AvgIpc) is 3.01. The van der Waals surface area contributed by atoms with E-state index >= 15 is 0 Å². The SMILES string of the molecule is COc1cccc2ccc(C=C3SC(=S)N(NC(=O)c4ccncc4)C3=O)nc12. The predicted molar refractivity (Wildman–Crippen MR) is 115 cm³/mol. The lowest BCUT2D eigenvalue weighted by atomic mass is 10.2. The Morgan fingerprint density at radius 1 is 1.21 bits per heavy atom. The van der Waals surface area contributed by atoms with E-state index in [4.69, 9.17) is 17.0 Å². The quantitative estimate of drug-likeness (QED) is 0.511. The summed E-state index contributed by atoms with van der Waals surface area (Å²) < 4.78 is 5.60. The first-order chi connectivity index (χ1) is 14.1. The minimum Gasteiger partial charge on any atom is -0.494 e. The van der Waals surface area contributed by atoms with Crippen LogP contribution in [0.25, 0.3) is 17.0 Å². The zero-order valence-corrected chi connectivity index (χ0v) is 16.8. The highest BCUT2D eigenvalue weighted by atomic mass is 32.2. The molecular weight excluding hydrogens is 408 g/mol. The molecule has 0 unspecified atom stereocenters. The van der Waals surface area contributed by atoms with Crippen LogP contribution in [-0.2, 0) is 4.79 Å². The molecular formula is C20H14N4O3S2. The maximum Gasteiger partial charge on any atom is 0.285 e. The number of hydrogen-bond donors (Lipinski definition) is 1. The van der Waals surface area contributed by atoms with E-state index < -0.39 is 11.8 Å². The lowest BCUT2D eigenvalue weighted by molar-refractivity contribution is -0.123. The summed E-state index contributed by atoms with van der Waals surface area (Å²) in [4.78, 5) is 33.9. The first kappa shape index (κ1) is 19.0. The van der Waals surface area contributed by atoms with Gasteiger partial charge in [0.25, 0.3) is 11.8 Å². The van der Waals surface area contributed by atoms with Crippen LogP contribution in [0.5, 0.6) is 5.75 Å². The summed E-state index contributed by atoms with van der Waals surface area (Å²) in [7, 11) is 1.58. The fraction of sp³-hybridized carbons (Fsp3) is 0.0500. The van der Waals surface area contributed by atoms with Crippen LogP contribution in [0.2, 0.25) is 0 Å². The largest absolute Gasteiger partial charge is 0.494 e.